The Balaban J connectivity index is 1.56. The van der Waals surface area contributed by atoms with Crippen LogP contribution in [0.3, 0.4) is 0 Å². The molecule has 204 valence electrons. The number of fused-ring (bicyclic) bond motifs is 1. The van der Waals surface area contributed by atoms with Gasteiger partial charge in [0.2, 0.25) is 5.91 Å². The van der Waals surface area contributed by atoms with Gasteiger partial charge in [-0.3, -0.25) is 9.69 Å². The Bertz CT molecular complexity index is 1160. The van der Waals surface area contributed by atoms with E-state index in [2.05, 4.69) is 57.4 Å². The molecule has 0 aliphatic carbocycles. The first-order chi connectivity index (χ1) is 18.5. The predicted molar refractivity (Wildman–Crippen MR) is 148 cm³/mol. The van der Waals surface area contributed by atoms with Crippen LogP contribution in [0.2, 0.25) is 0 Å². The van der Waals surface area contributed by atoms with Gasteiger partial charge in [-0.25, -0.2) is 9.67 Å². The normalized spacial score (nSPS) is 15.6. The smallest absolute Gasteiger partial charge is 0.244 e. The Hall–Kier alpha value is -3.23. The van der Waals surface area contributed by atoms with Crippen LogP contribution in [-0.2, 0) is 30.8 Å². The molecule has 0 bridgehead atoms. The van der Waals surface area contributed by atoms with E-state index < -0.39 is 0 Å². The first-order valence-corrected chi connectivity index (χ1v) is 13.8. The van der Waals surface area contributed by atoms with E-state index in [0.717, 1.165) is 75.4 Å². The van der Waals surface area contributed by atoms with E-state index in [1.165, 1.54) is 11.1 Å². The van der Waals surface area contributed by atoms with E-state index in [0.29, 0.717) is 19.0 Å². The molecule has 2 heterocycles. The van der Waals surface area contributed by atoms with E-state index in [1.54, 1.807) is 4.68 Å². The third-order valence-electron chi connectivity index (χ3n) is 7.01. The molecule has 0 radical (unpaired) electrons. The van der Waals surface area contributed by atoms with Crippen molar-refractivity contribution in [3.8, 4) is 5.75 Å². The van der Waals surface area contributed by atoms with E-state index in [4.69, 9.17) is 4.74 Å². The molecule has 8 nitrogen and oxygen atoms in total. The highest BCUT2D eigenvalue weighted by atomic mass is 16.5. The molecule has 38 heavy (non-hydrogen) atoms. The monoisotopic (exact) mass is 519 g/mol. The summed E-state index contributed by atoms with van der Waals surface area (Å²) in [5.74, 6) is 2.46. The van der Waals surface area contributed by atoms with Gasteiger partial charge in [0.1, 0.15) is 23.9 Å². The average Bonchev–Trinajstić information content (AvgIpc) is 3.23. The summed E-state index contributed by atoms with van der Waals surface area (Å²) in [6, 6.07) is 16.9. The second-order valence-corrected chi connectivity index (χ2v) is 10.1. The highest BCUT2D eigenvalue weighted by molar-refractivity contribution is 5.76. The largest absolute Gasteiger partial charge is 0.493 e. The zero-order valence-electron chi connectivity index (χ0n) is 22.8. The minimum absolute atomic E-state index is 0.0791. The fourth-order valence-corrected chi connectivity index (χ4v) is 4.96. The zero-order valence-corrected chi connectivity index (χ0v) is 22.8. The molecule has 1 amide bonds. The van der Waals surface area contributed by atoms with Crippen molar-refractivity contribution in [1.29, 1.82) is 0 Å². The summed E-state index contributed by atoms with van der Waals surface area (Å²) in [7, 11) is 0. The summed E-state index contributed by atoms with van der Waals surface area (Å²) < 4.78 is 7.96. The van der Waals surface area contributed by atoms with Crippen LogP contribution in [0, 0.1) is 13.8 Å². The van der Waals surface area contributed by atoms with Crippen molar-refractivity contribution in [3.63, 3.8) is 0 Å². The van der Waals surface area contributed by atoms with Crippen molar-refractivity contribution in [2.24, 2.45) is 0 Å². The lowest BCUT2D eigenvalue weighted by molar-refractivity contribution is -0.132. The van der Waals surface area contributed by atoms with Crippen LogP contribution in [-0.4, -0.2) is 68.4 Å². The van der Waals surface area contributed by atoms with Crippen LogP contribution in [0.5, 0.6) is 5.75 Å². The number of ether oxygens (including phenoxy) is 1. The van der Waals surface area contributed by atoms with Crippen molar-refractivity contribution in [3.05, 3.63) is 76.9 Å². The second-order valence-electron chi connectivity index (χ2n) is 10.1. The minimum Gasteiger partial charge on any atom is -0.493 e. The van der Waals surface area contributed by atoms with Crippen molar-refractivity contribution in [2.75, 3.05) is 32.8 Å². The molecule has 2 aromatic carbocycles. The van der Waals surface area contributed by atoms with Crippen LogP contribution in [0.15, 0.2) is 48.5 Å². The molecule has 1 aliphatic rings. The predicted octanol–water partition coefficient (Wildman–Crippen LogP) is 3.91. The Kier molecular flexibility index (Phi) is 10.3. The van der Waals surface area contributed by atoms with Crippen LogP contribution >= 0.6 is 0 Å². The zero-order chi connectivity index (χ0) is 26.7. The molecule has 0 fully saturated rings. The maximum absolute atomic E-state index is 13.4. The van der Waals surface area contributed by atoms with Crippen molar-refractivity contribution < 1.29 is 14.6 Å². The molecular weight excluding hydrogens is 478 g/mol. The average molecular weight is 520 g/mol. The van der Waals surface area contributed by atoms with Crippen molar-refractivity contribution in [1.82, 2.24) is 24.6 Å². The highest BCUT2D eigenvalue weighted by Crippen LogP contribution is 2.24. The molecule has 1 N–H and O–H groups in total. The van der Waals surface area contributed by atoms with E-state index in [9.17, 15) is 9.90 Å². The minimum atomic E-state index is 0.0791. The number of benzene rings is 2. The second kappa shape index (κ2) is 14.1. The number of aryl methyl sites for hydroxylation is 3. The number of rotatable bonds is 7. The molecule has 4 rings (SSSR count). The molecule has 0 saturated heterocycles. The molecule has 0 unspecified atom stereocenters. The van der Waals surface area contributed by atoms with E-state index in [-0.39, 0.29) is 19.1 Å². The number of nitrogens with zero attached hydrogens (tertiary/aromatic N) is 5. The molecule has 8 heteroatoms. The van der Waals surface area contributed by atoms with Crippen molar-refractivity contribution in [2.45, 2.75) is 65.6 Å². The molecule has 3 aromatic rings. The first-order valence-electron chi connectivity index (χ1n) is 13.8. The highest BCUT2D eigenvalue weighted by Gasteiger charge is 2.19. The van der Waals surface area contributed by atoms with Crippen molar-refractivity contribution >= 4 is 5.91 Å². The Morgan fingerprint density at radius 1 is 1.00 bits per heavy atom. The Labute approximate surface area is 226 Å². The summed E-state index contributed by atoms with van der Waals surface area (Å²) in [5.41, 5.74) is 3.60. The third kappa shape index (κ3) is 8.13. The number of aliphatic hydroxyl groups is 1. The summed E-state index contributed by atoms with van der Waals surface area (Å²) in [6.07, 6.45) is 4.48. The number of amides is 1. The maximum atomic E-state index is 13.4. The number of aromatic nitrogens is 3. The number of aliphatic hydroxyl groups excluding tert-OH is 1. The molecular formula is C30H41N5O3. The van der Waals surface area contributed by atoms with Gasteiger partial charge >= 0.3 is 0 Å². The molecule has 0 saturated carbocycles. The number of carbonyl (C=O) groups excluding carboxylic acids is 1. The number of hydrogen-bond donors (Lipinski definition) is 1. The fraction of sp³-hybridized carbons (Fsp3) is 0.500. The van der Waals surface area contributed by atoms with Gasteiger partial charge in [0.25, 0.3) is 0 Å². The lowest BCUT2D eigenvalue weighted by Crippen LogP contribution is -2.40. The topological polar surface area (TPSA) is 83.7 Å². The Morgan fingerprint density at radius 3 is 2.61 bits per heavy atom. The van der Waals surface area contributed by atoms with Gasteiger partial charge in [-0.15, -0.1) is 0 Å². The maximum Gasteiger partial charge on any atom is 0.244 e. The van der Waals surface area contributed by atoms with Gasteiger partial charge in [-0.1, -0.05) is 42.5 Å². The van der Waals surface area contributed by atoms with Crippen LogP contribution in [0.1, 0.15) is 54.0 Å². The number of hydrogen-bond acceptors (Lipinski definition) is 6. The summed E-state index contributed by atoms with van der Waals surface area (Å²) in [4.78, 5) is 22.1. The summed E-state index contributed by atoms with van der Waals surface area (Å²) >= 11 is 0. The van der Waals surface area contributed by atoms with Gasteiger partial charge in [0.05, 0.1) is 6.61 Å². The lowest BCUT2D eigenvalue weighted by Gasteiger charge is -2.28. The van der Waals surface area contributed by atoms with Gasteiger partial charge in [-0.05, 0) is 63.1 Å². The van der Waals surface area contributed by atoms with E-state index >= 15 is 0 Å². The van der Waals surface area contributed by atoms with Gasteiger partial charge in [-0.2, -0.15) is 5.10 Å². The molecule has 0 spiro atoms. The Morgan fingerprint density at radius 2 is 1.84 bits per heavy atom. The van der Waals surface area contributed by atoms with Gasteiger partial charge in [0.15, 0.2) is 0 Å². The lowest BCUT2D eigenvalue weighted by atomic mass is 10.0. The van der Waals surface area contributed by atoms with Gasteiger partial charge in [0, 0.05) is 44.9 Å². The standard InChI is InChI=1S/C30H41N5O3/c1-24-31-25(2)35(32-24)23-30(37)34-15-7-4-8-19-38-29-14-13-26(12-9-18-36)20-28(29)22-33(16-17-34)21-27-10-5-3-6-11-27/h3,5-6,10-11,13-14,20,36H,4,7-9,12,15-19,21-23H2,1-2H3. The quantitative estimate of drug-likeness (QED) is 0.510. The van der Waals surface area contributed by atoms with Crippen LogP contribution in [0.25, 0.3) is 0 Å². The molecule has 1 aromatic heterocycles. The third-order valence-corrected chi connectivity index (χ3v) is 7.01. The van der Waals surface area contributed by atoms with Crippen LogP contribution in [0.4, 0.5) is 0 Å². The van der Waals surface area contributed by atoms with Gasteiger partial charge < -0.3 is 14.7 Å². The van der Waals surface area contributed by atoms with E-state index in [1.807, 2.05) is 24.8 Å². The first kappa shape index (κ1) is 27.8. The van der Waals surface area contributed by atoms with Crippen LogP contribution < -0.4 is 4.74 Å². The number of carbonyl (C=O) groups is 1. The molecule has 0 atom stereocenters. The molecule has 1 aliphatic heterocycles. The fourth-order valence-electron chi connectivity index (χ4n) is 4.96. The summed E-state index contributed by atoms with van der Waals surface area (Å²) in [6.45, 7) is 8.43. The SMILES string of the molecule is Cc1nc(C)n(CC(=O)N2CCCCCOc3ccc(CCCO)cc3CN(Cc3ccccc3)CC2)n1. The summed E-state index contributed by atoms with van der Waals surface area (Å²) in [5, 5.41) is 13.7.